The van der Waals surface area contributed by atoms with Gasteiger partial charge in [0.15, 0.2) is 0 Å². The highest BCUT2D eigenvalue weighted by Crippen LogP contribution is 2.27. The summed E-state index contributed by atoms with van der Waals surface area (Å²) < 4.78 is 35.2. The molecule has 1 aromatic rings. The molecule has 7 nitrogen and oxygen atoms in total. The summed E-state index contributed by atoms with van der Waals surface area (Å²) in [4.78, 5) is 29.0. The van der Waals surface area contributed by atoms with E-state index in [1.807, 2.05) is 0 Å². The van der Waals surface area contributed by atoms with Crippen molar-refractivity contribution in [1.29, 1.82) is 0 Å². The molecule has 0 saturated carbocycles. The van der Waals surface area contributed by atoms with E-state index < -0.39 is 12.2 Å². The van der Waals surface area contributed by atoms with E-state index in [1.165, 1.54) is 18.2 Å². The van der Waals surface area contributed by atoms with Crippen LogP contribution in [0.5, 0.6) is 5.75 Å². The Balaban J connectivity index is 0.00000300. The normalized spacial score (nSPS) is 18.9. The molecular formula is C19H26ClF2N3O4. The summed E-state index contributed by atoms with van der Waals surface area (Å²) in [6.07, 6.45) is 1.22. The van der Waals surface area contributed by atoms with Gasteiger partial charge in [0.2, 0.25) is 0 Å². The smallest absolute Gasteiger partial charge is 0.387 e. The molecule has 0 aliphatic carbocycles. The number of alkyl halides is 2. The van der Waals surface area contributed by atoms with Crippen molar-refractivity contribution in [3.63, 3.8) is 0 Å². The topological polar surface area (TPSA) is 71.1 Å². The van der Waals surface area contributed by atoms with Crippen LogP contribution in [0.3, 0.4) is 0 Å². The van der Waals surface area contributed by atoms with E-state index in [1.54, 1.807) is 23.0 Å². The Hall–Kier alpha value is -1.97. The molecule has 2 fully saturated rings. The van der Waals surface area contributed by atoms with Crippen molar-refractivity contribution < 1.29 is 27.8 Å². The quantitative estimate of drug-likeness (QED) is 0.766. The third-order valence-electron chi connectivity index (χ3n) is 5.38. The minimum atomic E-state index is -3.00. The number of nitrogens with zero attached hydrogens (tertiary/aromatic N) is 2. The monoisotopic (exact) mass is 433 g/mol. The first kappa shape index (κ1) is 23.3. The Bertz CT molecular complexity index is 708. The summed E-state index contributed by atoms with van der Waals surface area (Å²) >= 11 is 0. The number of piperazine rings is 1. The van der Waals surface area contributed by atoms with Crippen molar-refractivity contribution >= 4 is 24.2 Å². The van der Waals surface area contributed by atoms with Crippen molar-refractivity contribution in [3.8, 4) is 5.75 Å². The first-order valence-electron chi connectivity index (χ1n) is 9.35. The van der Waals surface area contributed by atoms with Gasteiger partial charge < -0.3 is 24.6 Å². The lowest BCUT2D eigenvalue weighted by Crippen LogP contribution is -2.59. The number of carbonyl (C=O) groups is 2. The minimum Gasteiger partial charge on any atom is -0.434 e. The first-order valence-corrected chi connectivity index (χ1v) is 9.35. The molecule has 2 heterocycles. The SMILES string of the molecule is COC1(C(=O)N2CCN(C(=O)c3ccccc3OC(F)F)CC2)CCNCC1.Cl. The molecule has 0 unspecified atom stereocenters. The Morgan fingerprint density at radius 3 is 2.24 bits per heavy atom. The Morgan fingerprint density at radius 1 is 1.07 bits per heavy atom. The minimum absolute atomic E-state index is 0. The number of nitrogens with one attached hydrogen (secondary N) is 1. The van der Waals surface area contributed by atoms with Crippen molar-refractivity contribution in [2.24, 2.45) is 0 Å². The molecule has 29 heavy (non-hydrogen) atoms. The molecule has 2 amide bonds. The molecule has 0 bridgehead atoms. The third kappa shape index (κ3) is 5.15. The summed E-state index contributed by atoms with van der Waals surface area (Å²) in [5, 5.41) is 3.22. The van der Waals surface area contributed by atoms with Gasteiger partial charge in [-0.3, -0.25) is 9.59 Å². The third-order valence-corrected chi connectivity index (χ3v) is 5.38. The fourth-order valence-electron chi connectivity index (χ4n) is 3.75. The van der Waals surface area contributed by atoms with Crippen molar-refractivity contribution in [2.75, 3.05) is 46.4 Å². The van der Waals surface area contributed by atoms with Gasteiger partial charge >= 0.3 is 6.61 Å². The Labute approximate surface area is 174 Å². The number of amides is 2. The van der Waals surface area contributed by atoms with Gasteiger partial charge in [0, 0.05) is 33.3 Å². The molecule has 2 saturated heterocycles. The molecule has 1 aromatic carbocycles. The van der Waals surface area contributed by atoms with E-state index in [0.717, 1.165) is 13.1 Å². The van der Waals surface area contributed by atoms with E-state index in [0.29, 0.717) is 39.0 Å². The van der Waals surface area contributed by atoms with E-state index >= 15 is 0 Å². The summed E-state index contributed by atoms with van der Waals surface area (Å²) in [7, 11) is 1.56. The second-order valence-corrected chi connectivity index (χ2v) is 6.91. The predicted molar refractivity (Wildman–Crippen MR) is 105 cm³/mol. The number of rotatable bonds is 5. The molecule has 2 aliphatic heterocycles. The van der Waals surface area contributed by atoms with E-state index in [9.17, 15) is 18.4 Å². The molecule has 0 aromatic heterocycles. The van der Waals surface area contributed by atoms with Crippen LogP contribution in [0.4, 0.5) is 8.78 Å². The average Bonchev–Trinajstić information content (AvgIpc) is 2.73. The Morgan fingerprint density at radius 2 is 1.66 bits per heavy atom. The zero-order chi connectivity index (χ0) is 20.1. The fourth-order valence-corrected chi connectivity index (χ4v) is 3.75. The summed E-state index contributed by atoms with van der Waals surface area (Å²) in [6.45, 7) is -0.157. The molecule has 3 rings (SSSR count). The van der Waals surface area contributed by atoms with Crippen LogP contribution in [0.25, 0.3) is 0 Å². The number of methoxy groups -OCH3 is 1. The molecule has 2 aliphatic rings. The van der Waals surface area contributed by atoms with E-state index in [4.69, 9.17) is 4.74 Å². The molecular weight excluding hydrogens is 408 g/mol. The second-order valence-electron chi connectivity index (χ2n) is 6.91. The lowest BCUT2D eigenvalue weighted by Gasteiger charge is -2.42. The van der Waals surface area contributed by atoms with Gasteiger partial charge in [0.1, 0.15) is 11.4 Å². The number of para-hydroxylation sites is 1. The second kappa shape index (κ2) is 10.2. The maximum absolute atomic E-state index is 13.0. The van der Waals surface area contributed by atoms with E-state index in [-0.39, 0.29) is 35.5 Å². The number of ether oxygens (including phenoxy) is 2. The molecule has 10 heteroatoms. The van der Waals surface area contributed by atoms with Crippen LogP contribution in [-0.4, -0.2) is 80.2 Å². The van der Waals surface area contributed by atoms with Gasteiger partial charge in [-0.15, -0.1) is 12.4 Å². The molecule has 0 atom stereocenters. The zero-order valence-corrected chi connectivity index (χ0v) is 17.1. The number of carbonyl (C=O) groups excluding carboxylic acids is 2. The average molecular weight is 434 g/mol. The van der Waals surface area contributed by atoms with Crippen LogP contribution in [0.15, 0.2) is 24.3 Å². The number of benzene rings is 1. The lowest BCUT2D eigenvalue weighted by atomic mass is 9.90. The fraction of sp³-hybridized carbons (Fsp3) is 0.579. The number of hydrogen-bond acceptors (Lipinski definition) is 5. The molecule has 0 spiro atoms. The van der Waals surface area contributed by atoms with Gasteiger partial charge in [-0.05, 0) is 38.1 Å². The summed E-state index contributed by atoms with van der Waals surface area (Å²) in [6, 6.07) is 5.95. The maximum Gasteiger partial charge on any atom is 0.387 e. The molecule has 1 N–H and O–H groups in total. The van der Waals surface area contributed by atoms with Gasteiger partial charge in [-0.25, -0.2) is 0 Å². The lowest BCUT2D eigenvalue weighted by molar-refractivity contribution is -0.159. The van der Waals surface area contributed by atoms with E-state index in [2.05, 4.69) is 10.1 Å². The van der Waals surface area contributed by atoms with Crippen molar-refractivity contribution in [2.45, 2.75) is 25.1 Å². The van der Waals surface area contributed by atoms with Crippen LogP contribution in [0.1, 0.15) is 23.2 Å². The zero-order valence-electron chi connectivity index (χ0n) is 16.2. The maximum atomic E-state index is 13.0. The van der Waals surface area contributed by atoms with Crippen LogP contribution in [0.2, 0.25) is 0 Å². The summed E-state index contributed by atoms with van der Waals surface area (Å²) in [5.74, 6) is -0.578. The molecule has 0 radical (unpaired) electrons. The number of piperidine rings is 1. The standard InChI is InChI=1S/C19H25F2N3O4.ClH/c1-27-19(6-8-22-9-7-19)17(26)24-12-10-23(11-13-24)16(25)14-4-2-3-5-15(14)28-18(20)21;/h2-5,18,22H,6-13H2,1H3;1H. The van der Waals surface area contributed by atoms with Gasteiger partial charge in [0.25, 0.3) is 11.8 Å². The van der Waals surface area contributed by atoms with Gasteiger partial charge in [-0.2, -0.15) is 8.78 Å². The number of hydrogen-bond donors (Lipinski definition) is 1. The number of halogens is 3. The van der Waals surface area contributed by atoms with Crippen LogP contribution < -0.4 is 10.1 Å². The largest absolute Gasteiger partial charge is 0.434 e. The summed E-state index contributed by atoms with van der Waals surface area (Å²) in [5.41, 5.74) is -0.718. The highest BCUT2D eigenvalue weighted by molar-refractivity contribution is 5.97. The van der Waals surface area contributed by atoms with Crippen LogP contribution in [0, 0.1) is 0 Å². The first-order chi connectivity index (χ1) is 13.5. The Kier molecular flexibility index (Phi) is 8.18. The van der Waals surface area contributed by atoms with Gasteiger partial charge in [-0.1, -0.05) is 12.1 Å². The highest BCUT2D eigenvalue weighted by Gasteiger charge is 2.43. The van der Waals surface area contributed by atoms with Crippen LogP contribution >= 0.6 is 12.4 Å². The molecule has 162 valence electrons. The van der Waals surface area contributed by atoms with Gasteiger partial charge in [0.05, 0.1) is 5.56 Å². The predicted octanol–water partition coefficient (Wildman–Crippen LogP) is 1.76. The van der Waals surface area contributed by atoms with Crippen molar-refractivity contribution in [1.82, 2.24) is 15.1 Å². The van der Waals surface area contributed by atoms with Crippen LogP contribution in [-0.2, 0) is 9.53 Å². The van der Waals surface area contributed by atoms with Crippen molar-refractivity contribution in [3.05, 3.63) is 29.8 Å². The highest BCUT2D eigenvalue weighted by atomic mass is 35.5.